The van der Waals surface area contributed by atoms with E-state index in [1.54, 1.807) is 13.3 Å². The Morgan fingerprint density at radius 1 is 1.03 bits per heavy atom. The van der Waals surface area contributed by atoms with Gasteiger partial charge < -0.3 is 14.3 Å². The quantitative estimate of drug-likeness (QED) is 0.172. The van der Waals surface area contributed by atoms with Crippen molar-refractivity contribution in [1.29, 1.82) is 0 Å². The van der Waals surface area contributed by atoms with Gasteiger partial charge >= 0.3 is 0 Å². The third-order valence-electron chi connectivity index (χ3n) is 5.08. The van der Waals surface area contributed by atoms with Crippen molar-refractivity contribution in [3.8, 4) is 11.5 Å². The monoisotopic (exact) mass is 409 g/mol. The number of allylic oxidation sites excluding steroid dienone is 1. The van der Waals surface area contributed by atoms with Crippen molar-refractivity contribution in [3.63, 3.8) is 0 Å². The standard InChI is InChI=1S/C26H35NO3/c1-6-7-14-29-25-16-21(3)26(22(4)17-25)30-15-9-8-11-20(2)24-13-10-12-23(18-24)19-27-28-5/h6-7,10,12-13,16-20H,8-9,11,14-15H2,1-5H3/b7-6+,27-19?. The van der Waals surface area contributed by atoms with Crippen LogP contribution in [-0.4, -0.2) is 26.5 Å². The van der Waals surface area contributed by atoms with Gasteiger partial charge in [-0.15, -0.1) is 0 Å². The molecule has 4 nitrogen and oxygen atoms in total. The summed E-state index contributed by atoms with van der Waals surface area (Å²) in [5.74, 6) is 2.37. The van der Waals surface area contributed by atoms with Gasteiger partial charge in [-0.3, -0.25) is 0 Å². The number of rotatable bonds is 12. The van der Waals surface area contributed by atoms with E-state index in [9.17, 15) is 0 Å². The fraction of sp³-hybridized carbons (Fsp3) is 0.423. The Balaban J connectivity index is 1.79. The molecule has 0 aliphatic carbocycles. The highest BCUT2D eigenvalue weighted by Gasteiger charge is 2.09. The van der Waals surface area contributed by atoms with Crippen LogP contribution in [0, 0.1) is 13.8 Å². The maximum Gasteiger partial charge on any atom is 0.125 e. The zero-order valence-corrected chi connectivity index (χ0v) is 19.0. The van der Waals surface area contributed by atoms with E-state index in [4.69, 9.17) is 14.3 Å². The molecule has 162 valence electrons. The lowest BCUT2D eigenvalue weighted by atomic mass is 9.94. The van der Waals surface area contributed by atoms with Crippen molar-refractivity contribution in [2.75, 3.05) is 20.3 Å². The molecule has 2 aromatic carbocycles. The molecule has 2 rings (SSSR count). The zero-order chi connectivity index (χ0) is 21.8. The predicted molar refractivity (Wildman–Crippen MR) is 125 cm³/mol. The molecule has 2 aromatic rings. The number of nitrogens with zero attached hydrogens (tertiary/aromatic N) is 1. The first-order valence-electron chi connectivity index (χ1n) is 10.7. The van der Waals surface area contributed by atoms with Crippen LogP contribution in [0.1, 0.15) is 61.3 Å². The normalized spacial score (nSPS) is 12.4. The number of hydrogen-bond donors (Lipinski definition) is 0. The van der Waals surface area contributed by atoms with Crippen molar-refractivity contribution in [1.82, 2.24) is 0 Å². The van der Waals surface area contributed by atoms with Crippen LogP contribution < -0.4 is 9.47 Å². The second kappa shape index (κ2) is 12.7. The first-order chi connectivity index (χ1) is 14.5. The van der Waals surface area contributed by atoms with E-state index >= 15 is 0 Å². The van der Waals surface area contributed by atoms with Gasteiger partial charge in [0.25, 0.3) is 0 Å². The third kappa shape index (κ3) is 7.58. The van der Waals surface area contributed by atoms with Crippen molar-refractivity contribution >= 4 is 6.21 Å². The Hall–Kier alpha value is -2.75. The van der Waals surface area contributed by atoms with Gasteiger partial charge in [-0.2, -0.15) is 0 Å². The summed E-state index contributed by atoms with van der Waals surface area (Å²) in [5, 5.41) is 3.84. The molecule has 0 aromatic heterocycles. The molecule has 0 N–H and O–H groups in total. The molecular weight excluding hydrogens is 374 g/mol. The topological polar surface area (TPSA) is 40.0 Å². The molecule has 0 saturated carbocycles. The molecule has 0 bridgehead atoms. The first-order valence-corrected chi connectivity index (χ1v) is 10.7. The van der Waals surface area contributed by atoms with E-state index < -0.39 is 0 Å². The maximum atomic E-state index is 6.10. The van der Waals surface area contributed by atoms with Gasteiger partial charge in [0.2, 0.25) is 0 Å². The fourth-order valence-electron chi connectivity index (χ4n) is 3.41. The van der Waals surface area contributed by atoms with Gasteiger partial charge in [0.1, 0.15) is 25.2 Å². The Kier molecular flexibility index (Phi) is 9.99. The summed E-state index contributed by atoms with van der Waals surface area (Å²) < 4.78 is 11.8. The highest BCUT2D eigenvalue weighted by Crippen LogP contribution is 2.29. The summed E-state index contributed by atoms with van der Waals surface area (Å²) in [6.45, 7) is 9.74. The van der Waals surface area contributed by atoms with Gasteiger partial charge in [-0.25, -0.2) is 0 Å². The first kappa shape index (κ1) is 23.5. The summed E-state index contributed by atoms with van der Waals surface area (Å²) in [6.07, 6.45) is 9.02. The number of hydrogen-bond acceptors (Lipinski definition) is 4. The number of oxime groups is 1. The van der Waals surface area contributed by atoms with Crippen LogP contribution in [0.4, 0.5) is 0 Å². The molecule has 0 aliphatic rings. The molecule has 0 spiro atoms. The van der Waals surface area contributed by atoms with Crippen molar-refractivity contribution in [2.24, 2.45) is 5.16 Å². The average Bonchev–Trinajstić information content (AvgIpc) is 2.74. The van der Waals surface area contributed by atoms with E-state index in [2.05, 4.69) is 44.1 Å². The molecule has 0 heterocycles. The Bertz CT molecular complexity index is 819. The number of ether oxygens (including phenoxy) is 2. The smallest absolute Gasteiger partial charge is 0.125 e. The van der Waals surface area contributed by atoms with Gasteiger partial charge in [-0.05, 0) is 86.4 Å². The van der Waals surface area contributed by atoms with Crippen LogP contribution >= 0.6 is 0 Å². The highest BCUT2D eigenvalue weighted by molar-refractivity contribution is 5.79. The Morgan fingerprint density at radius 3 is 2.50 bits per heavy atom. The highest BCUT2D eigenvalue weighted by atomic mass is 16.6. The van der Waals surface area contributed by atoms with Gasteiger partial charge in [-0.1, -0.05) is 42.4 Å². The zero-order valence-electron chi connectivity index (χ0n) is 19.0. The molecule has 1 unspecified atom stereocenters. The maximum absolute atomic E-state index is 6.10. The van der Waals surface area contributed by atoms with Gasteiger partial charge in [0, 0.05) is 0 Å². The molecule has 0 saturated heterocycles. The second-order valence-corrected chi connectivity index (χ2v) is 7.60. The van der Waals surface area contributed by atoms with E-state index in [1.807, 2.05) is 37.3 Å². The fourth-order valence-corrected chi connectivity index (χ4v) is 3.41. The molecular formula is C26H35NO3. The minimum atomic E-state index is 0.498. The minimum absolute atomic E-state index is 0.498. The average molecular weight is 410 g/mol. The van der Waals surface area contributed by atoms with E-state index in [0.717, 1.165) is 54.1 Å². The van der Waals surface area contributed by atoms with Crippen LogP contribution in [0.3, 0.4) is 0 Å². The minimum Gasteiger partial charge on any atom is -0.493 e. The van der Waals surface area contributed by atoms with Gasteiger partial charge in [0.15, 0.2) is 0 Å². The van der Waals surface area contributed by atoms with Crippen molar-refractivity contribution < 1.29 is 14.3 Å². The number of benzene rings is 2. The lowest BCUT2D eigenvalue weighted by Crippen LogP contribution is -2.03. The van der Waals surface area contributed by atoms with Gasteiger partial charge in [0.05, 0.1) is 12.8 Å². The molecule has 4 heteroatoms. The predicted octanol–water partition coefficient (Wildman–Crippen LogP) is 6.59. The number of unbranched alkanes of at least 4 members (excludes halogenated alkanes) is 1. The van der Waals surface area contributed by atoms with E-state index in [1.165, 1.54) is 5.56 Å². The van der Waals surface area contributed by atoms with E-state index in [-0.39, 0.29) is 0 Å². The summed E-state index contributed by atoms with van der Waals surface area (Å²) in [4.78, 5) is 4.77. The van der Waals surface area contributed by atoms with Crippen LogP contribution in [0.2, 0.25) is 0 Å². The third-order valence-corrected chi connectivity index (χ3v) is 5.08. The van der Waals surface area contributed by atoms with E-state index in [0.29, 0.717) is 12.5 Å². The summed E-state index contributed by atoms with van der Waals surface area (Å²) in [5.41, 5.74) is 4.63. The second-order valence-electron chi connectivity index (χ2n) is 7.60. The molecule has 0 aliphatic heterocycles. The summed E-state index contributed by atoms with van der Waals surface area (Å²) in [7, 11) is 1.56. The summed E-state index contributed by atoms with van der Waals surface area (Å²) in [6, 6.07) is 12.6. The molecule has 0 amide bonds. The van der Waals surface area contributed by atoms with Crippen molar-refractivity contribution in [3.05, 3.63) is 70.8 Å². The lowest BCUT2D eigenvalue weighted by molar-refractivity contribution is 0.215. The number of aryl methyl sites for hydroxylation is 2. The lowest BCUT2D eigenvalue weighted by Gasteiger charge is -2.15. The van der Waals surface area contributed by atoms with Crippen LogP contribution in [0.25, 0.3) is 0 Å². The SMILES string of the molecule is C/C=C/COc1cc(C)c(OCCCCC(C)c2cccc(C=NOC)c2)c(C)c1. The van der Waals surface area contributed by atoms with Crippen LogP contribution in [0.15, 0.2) is 53.7 Å². The Morgan fingerprint density at radius 2 is 1.80 bits per heavy atom. The molecule has 0 fully saturated rings. The molecule has 0 radical (unpaired) electrons. The Labute approximate surface area is 181 Å². The largest absolute Gasteiger partial charge is 0.493 e. The summed E-state index contributed by atoms with van der Waals surface area (Å²) >= 11 is 0. The van der Waals surface area contributed by atoms with Crippen LogP contribution in [0.5, 0.6) is 11.5 Å². The molecule has 30 heavy (non-hydrogen) atoms. The van der Waals surface area contributed by atoms with Crippen molar-refractivity contribution in [2.45, 2.75) is 52.9 Å². The van der Waals surface area contributed by atoms with Crippen LogP contribution in [-0.2, 0) is 4.84 Å². The molecule has 1 atom stereocenters.